The lowest BCUT2D eigenvalue weighted by atomic mass is 10.3. The van der Waals surface area contributed by atoms with Crippen LogP contribution in [0, 0.1) is 0 Å². The van der Waals surface area contributed by atoms with Gasteiger partial charge in [0.05, 0.1) is 12.7 Å². The van der Waals surface area contributed by atoms with Crippen LogP contribution in [0.2, 0.25) is 0 Å². The molecule has 0 aromatic carbocycles. The summed E-state index contributed by atoms with van der Waals surface area (Å²) < 4.78 is 28.2. The van der Waals surface area contributed by atoms with E-state index in [4.69, 9.17) is 5.73 Å². The normalized spacial score (nSPS) is 22.2. The average molecular weight is 299 g/mol. The minimum Gasteiger partial charge on any atom is -0.329 e. The molecule has 2 aliphatic rings. The summed E-state index contributed by atoms with van der Waals surface area (Å²) in [6.45, 7) is 3.79. The first-order valence-electron chi connectivity index (χ1n) is 7.08. The molecule has 8 heteroatoms. The first kappa shape index (κ1) is 14.0. The fourth-order valence-corrected chi connectivity index (χ4v) is 4.01. The molecule has 20 heavy (non-hydrogen) atoms. The summed E-state index contributed by atoms with van der Waals surface area (Å²) in [6.07, 6.45) is 5.50. The third kappa shape index (κ3) is 2.73. The molecule has 1 aromatic rings. The maximum Gasteiger partial charge on any atom is 0.246 e. The second-order valence-electron chi connectivity index (χ2n) is 5.40. The predicted octanol–water partition coefficient (Wildman–Crippen LogP) is -0.689. The van der Waals surface area contributed by atoms with Crippen molar-refractivity contribution in [3.63, 3.8) is 0 Å². The monoisotopic (exact) mass is 299 g/mol. The highest BCUT2D eigenvalue weighted by Crippen LogP contribution is 2.28. The van der Waals surface area contributed by atoms with E-state index in [0.717, 1.165) is 13.1 Å². The smallest absolute Gasteiger partial charge is 0.246 e. The highest BCUT2D eigenvalue weighted by atomic mass is 32.2. The summed E-state index contributed by atoms with van der Waals surface area (Å²) in [5.41, 5.74) is 5.44. The molecule has 2 fully saturated rings. The lowest BCUT2D eigenvalue weighted by molar-refractivity contribution is 0.180. The first-order chi connectivity index (χ1) is 9.61. The van der Waals surface area contributed by atoms with Gasteiger partial charge in [0.25, 0.3) is 0 Å². The fourth-order valence-electron chi connectivity index (χ4n) is 2.63. The van der Waals surface area contributed by atoms with E-state index in [1.807, 2.05) is 0 Å². The summed E-state index contributed by atoms with van der Waals surface area (Å²) in [5.74, 6) is 0. The largest absolute Gasteiger partial charge is 0.329 e. The molecular weight excluding hydrogens is 278 g/mol. The highest BCUT2D eigenvalue weighted by Gasteiger charge is 2.35. The summed E-state index contributed by atoms with van der Waals surface area (Å²) in [5, 5.41) is 4.04. The maximum absolute atomic E-state index is 12.5. The number of aromatic nitrogens is 2. The molecule has 2 N–H and O–H groups in total. The van der Waals surface area contributed by atoms with Crippen LogP contribution in [0.3, 0.4) is 0 Å². The Morgan fingerprint density at radius 2 is 1.95 bits per heavy atom. The number of hydrogen-bond donors (Lipinski definition) is 1. The molecule has 3 rings (SSSR count). The molecule has 1 saturated heterocycles. The second-order valence-corrected chi connectivity index (χ2v) is 7.34. The lowest BCUT2D eigenvalue weighted by Crippen LogP contribution is -2.49. The van der Waals surface area contributed by atoms with Crippen molar-refractivity contribution >= 4 is 10.0 Å². The average Bonchev–Trinajstić information content (AvgIpc) is 3.19. The molecule has 0 spiro atoms. The van der Waals surface area contributed by atoms with Crippen LogP contribution in [0.5, 0.6) is 0 Å². The third-order valence-corrected chi connectivity index (χ3v) is 5.79. The quantitative estimate of drug-likeness (QED) is 0.778. The third-order valence-electron chi connectivity index (χ3n) is 3.94. The summed E-state index contributed by atoms with van der Waals surface area (Å²) in [4.78, 5) is 2.66. The molecule has 0 bridgehead atoms. The van der Waals surface area contributed by atoms with E-state index in [1.54, 1.807) is 15.2 Å². The standard InChI is InChI=1S/C12H21N5O2S/c13-3-4-16-10-12(9-14-16)20(18,19)17-7-5-15(6-8-17)11-1-2-11/h9-11H,1-8,13H2. The number of sulfonamides is 1. The van der Waals surface area contributed by atoms with Gasteiger partial charge in [0.2, 0.25) is 10.0 Å². The number of rotatable bonds is 5. The lowest BCUT2D eigenvalue weighted by Gasteiger charge is -2.33. The second kappa shape index (κ2) is 5.44. The Morgan fingerprint density at radius 1 is 1.25 bits per heavy atom. The molecule has 1 saturated carbocycles. The van der Waals surface area contributed by atoms with E-state index in [0.29, 0.717) is 32.2 Å². The molecule has 1 aliphatic heterocycles. The molecule has 0 unspecified atom stereocenters. The molecule has 0 radical (unpaired) electrons. The van der Waals surface area contributed by atoms with E-state index < -0.39 is 10.0 Å². The zero-order valence-electron chi connectivity index (χ0n) is 11.5. The first-order valence-corrected chi connectivity index (χ1v) is 8.52. The van der Waals surface area contributed by atoms with Gasteiger partial charge in [-0.25, -0.2) is 8.42 Å². The van der Waals surface area contributed by atoms with Gasteiger partial charge in [-0.05, 0) is 12.8 Å². The number of piperazine rings is 1. The zero-order valence-corrected chi connectivity index (χ0v) is 12.3. The minimum absolute atomic E-state index is 0.269. The summed E-state index contributed by atoms with van der Waals surface area (Å²) in [7, 11) is -3.41. The van der Waals surface area contributed by atoms with Crippen LogP contribution in [0.15, 0.2) is 17.3 Å². The topological polar surface area (TPSA) is 84.5 Å². The van der Waals surface area contributed by atoms with E-state index in [2.05, 4.69) is 10.00 Å². The molecule has 1 aromatic heterocycles. The van der Waals surface area contributed by atoms with Crippen LogP contribution in [-0.2, 0) is 16.6 Å². The Hall–Kier alpha value is -0.960. The number of nitrogens with zero attached hydrogens (tertiary/aromatic N) is 4. The van der Waals surface area contributed by atoms with E-state index in [9.17, 15) is 8.42 Å². The Morgan fingerprint density at radius 3 is 2.55 bits per heavy atom. The minimum atomic E-state index is -3.41. The van der Waals surface area contributed by atoms with Crippen molar-refractivity contribution < 1.29 is 8.42 Å². The number of nitrogens with two attached hydrogens (primary N) is 1. The zero-order chi connectivity index (χ0) is 14.2. The Kier molecular flexibility index (Phi) is 3.80. The van der Waals surface area contributed by atoms with E-state index >= 15 is 0 Å². The van der Waals surface area contributed by atoms with Crippen LogP contribution in [0.25, 0.3) is 0 Å². The SMILES string of the molecule is NCCn1cc(S(=O)(=O)N2CCN(C3CC3)CC2)cn1. The van der Waals surface area contributed by atoms with Crippen molar-refractivity contribution in [2.45, 2.75) is 30.3 Å². The van der Waals surface area contributed by atoms with Gasteiger partial charge in [0.15, 0.2) is 0 Å². The van der Waals surface area contributed by atoms with Gasteiger partial charge >= 0.3 is 0 Å². The molecule has 0 atom stereocenters. The van der Waals surface area contributed by atoms with Crippen molar-refractivity contribution in [3.05, 3.63) is 12.4 Å². The molecule has 0 amide bonds. The van der Waals surface area contributed by atoms with Gasteiger partial charge in [-0.3, -0.25) is 9.58 Å². The van der Waals surface area contributed by atoms with Crippen molar-refractivity contribution in [3.8, 4) is 0 Å². The summed E-state index contributed by atoms with van der Waals surface area (Å²) in [6, 6.07) is 0.701. The van der Waals surface area contributed by atoms with Crippen LogP contribution < -0.4 is 5.73 Å². The van der Waals surface area contributed by atoms with Crippen molar-refractivity contribution in [1.29, 1.82) is 0 Å². The van der Waals surface area contributed by atoms with Crippen molar-refractivity contribution in [1.82, 2.24) is 19.0 Å². The van der Waals surface area contributed by atoms with E-state index in [-0.39, 0.29) is 4.90 Å². The Balaban J connectivity index is 1.67. The molecular formula is C12H21N5O2S. The van der Waals surface area contributed by atoms with Crippen molar-refractivity contribution in [2.24, 2.45) is 5.73 Å². The van der Waals surface area contributed by atoms with Crippen LogP contribution in [0.4, 0.5) is 0 Å². The fraction of sp³-hybridized carbons (Fsp3) is 0.750. The molecule has 2 heterocycles. The molecule has 7 nitrogen and oxygen atoms in total. The molecule has 112 valence electrons. The maximum atomic E-state index is 12.5. The van der Waals surface area contributed by atoms with E-state index in [1.165, 1.54) is 19.0 Å². The van der Waals surface area contributed by atoms with Gasteiger partial charge in [0, 0.05) is 45.0 Å². The Bertz CT molecular complexity index is 558. The van der Waals surface area contributed by atoms with Crippen molar-refractivity contribution in [2.75, 3.05) is 32.7 Å². The summed E-state index contributed by atoms with van der Waals surface area (Å²) >= 11 is 0. The Labute approximate surface area is 119 Å². The molecule has 1 aliphatic carbocycles. The predicted molar refractivity (Wildman–Crippen MR) is 74.6 cm³/mol. The van der Waals surface area contributed by atoms with Crippen LogP contribution in [0.1, 0.15) is 12.8 Å². The van der Waals surface area contributed by atoms with Gasteiger partial charge in [0.1, 0.15) is 4.90 Å². The number of hydrogen-bond acceptors (Lipinski definition) is 5. The van der Waals surface area contributed by atoms with Crippen LogP contribution in [-0.4, -0.2) is 66.2 Å². The highest BCUT2D eigenvalue weighted by molar-refractivity contribution is 7.89. The van der Waals surface area contributed by atoms with Gasteiger partial charge in [-0.15, -0.1) is 0 Å². The van der Waals surface area contributed by atoms with Gasteiger partial charge in [-0.1, -0.05) is 0 Å². The van der Waals surface area contributed by atoms with Crippen LogP contribution >= 0.6 is 0 Å². The van der Waals surface area contributed by atoms with Gasteiger partial charge in [-0.2, -0.15) is 9.40 Å². The van der Waals surface area contributed by atoms with Gasteiger partial charge < -0.3 is 5.73 Å².